The summed E-state index contributed by atoms with van der Waals surface area (Å²) in [6.07, 6.45) is 10.5. The van der Waals surface area contributed by atoms with Crippen LogP contribution >= 0.6 is 0 Å². The summed E-state index contributed by atoms with van der Waals surface area (Å²) in [7, 11) is 0. The Morgan fingerprint density at radius 3 is 2.91 bits per heavy atom. The number of allylic oxidation sites excluding steroid dienone is 3. The Bertz CT molecular complexity index is 197. The van der Waals surface area contributed by atoms with Crippen molar-refractivity contribution in [1.29, 1.82) is 0 Å². The van der Waals surface area contributed by atoms with Crippen LogP contribution in [0.4, 0.5) is 0 Å². The van der Waals surface area contributed by atoms with Crippen molar-refractivity contribution >= 4 is 6.21 Å². The molecule has 0 aliphatic carbocycles. The molecule has 0 aromatic heterocycles. The van der Waals surface area contributed by atoms with E-state index >= 15 is 0 Å². The van der Waals surface area contributed by atoms with Crippen LogP contribution in [0.3, 0.4) is 0 Å². The molecule has 0 fully saturated rings. The van der Waals surface area contributed by atoms with Crippen molar-refractivity contribution in [2.45, 2.75) is 26.7 Å². The highest BCUT2D eigenvalue weighted by atomic mass is 14.7. The van der Waals surface area contributed by atoms with Gasteiger partial charge in [0.1, 0.15) is 0 Å². The van der Waals surface area contributed by atoms with Crippen molar-refractivity contribution in [2.75, 3.05) is 0 Å². The Hall–Kier alpha value is -0.850. The minimum Gasteiger partial charge on any atom is -0.265 e. The Morgan fingerprint density at radius 2 is 2.18 bits per heavy atom. The summed E-state index contributed by atoms with van der Waals surface area (Å²) >= 11 is 0. The topological polar surface area (TPSA) is 12.4 Å². The average molecular weight is 149 g/mol. The van der Waals surface area contributed by atoms with Gasteiger partial charge < -0.3 is 0 Å². The Labute approximate surface area is 68.5 Å². The van der Waals surface area contributed by atoms with E-state index in [1.165, 1.54) is 5.57 Å². The fourth-order valence-electron chi connectivity index (χ4n) is 1.05. The van der Waals surface area contributed by atoms with E-state index in [0.29, 0.717) is 5.92 Å². The summed E-state index contributed by atoms with van der Waals surface area (Å²) in [6, 6.07) is 0. The predicted octanol–water partition coefficient (Wildman–Crippen LogP) is 2.95. The molecule has 0 unspecified atom stereocenters. The van der Waals surface area contributed by atoms with Crippen LogP contribution in [0.2, 0.25) is 0 Å². The molecule has 0 aromatic rings. The fourth-order valence-corrected chi connectivity index (χ4v) is 1.05. The zero-order chi connectivity index (χ0) is 8.10. The molecule has 1 heteroatoms. The van der Waals surface area contributed by atoms with E-state index in [9.17, 15) is 0 Å². The zero-order valence-corrected chi connectivity index (χ0v) is 7.25. The zero-order valence-electron chi connectivity index (χ0n) is 7.25. The number of rotatable bonds is 1. The maximum absolute atomic E-state index is 4.16. The minimum absolute atomic E-state index is 0.602. The molecular weight excluding hydrogens is 134 g/mol. The van der Waals surface area contributed by atoms with Gasteiger partial charge in [-0.2, -0.15) is 0 Å². The summed E-state index contributed by atoms with van der Waals surface area (Å²) in [4.78, 5) is 4.16. The van der Waals surface area contributed by atoms with Gasteiger partial charge in [-0.25, -0.2) is 0 Å². The van der Waals surface area contributed by atoms with E-state index in [4.69, 9.17) is 0 Å². The van der Waals surface area contributed by atoms with E-state index in [0.717, 1.165) is 12.8 Å². The third-order valence-corrected chi connectivity index (χ3v) is 1.80. The second-order valence-electron chi connectivity index (χ2n) is 3.10. The van der Waals surface area contributed by atoms with Gasteiger partial charge in [0.05, 0.1) is 0 Å². The molecule has 1 heterocycles. The normalized spacial score (nSPS) is 20.8. The van der Waals surface area contributed by atoms with Gasteiger partial charge in [-0.1, -0.05) is 26.0 Å². The van der Waals surface area contributed by atoms with Crippen LogP contribution in [0.1, 0.15) is 26.7 Å². The number of nitrogens with zero attached hydrogens (tertiary/aromatic N) is 1. The standard InChI is InChI=1S/C10H15N/c1-9(2)10-6-4-3-5-7-11-8-10/h5-9H,3-4H2,1-2H3/b7-5+,10-6?,11-8?. The highest BCUT2D eigenvalue weighted by Gasteiger charge is 1.98. The molecule has 11 heavy (non-hydrogen) atoms. The van der Waals surface area contributed by atoms with Crippen molar-refractivity contribution in [3.05, 3.63) is 23.9 Å². The Kier molecular flexibility index (Phi) is 3.09. The lowest BCUT2D eigenvalue weighted by molar-refractivity contribution is 0.796. The number of aliphatic imine (C=N–C) groups is 1. The number of hydrogen-bond acceptors (Lipinski definition) is 1. The lowest BCUT2D eigenvalue weighted by atomic mass is 10.0. The highest BCUT2D eigenvalue weighted by Crippen LogP contribution is 2.10. The van der Waals surface area contributed by atoms with E-state index in [2.05, 4.69) is 31.0 Å². The maximum Gasteiger partial charge on any atom is 0.0299 e. The Balaban J connectivity index is 2.69. The molecule has 1 aliphatic heterocycles. The van der Waals surface area contributed by atoms with Gasteiger partial charge in [0.25, 0.3) is 0 Å². The van der Waals surface area contributed by atoms with Crippen molar-refractivity contribution in [2.24, 2.45) is 10.9 Å². The van der Waals surface area contributed by atoms with Crippen LogP contribution < -0.4 is 0 Å². The SMILES string of the molecule is CC(C)C1=CCC/C=C/N=C1. The second kappa shape index (κ2) is 4.12. The first kappa shape index (κ1) is 8.25. The van der Waals surface area contributed by atoms with Gasteiger partial charge in [-0.15, -0.1) is 0 Å². The molecule has 0 N–H and O–H groups in total. The lowest BCUT2D eigenvalue weighted by Gasteiger charge is -2.05. The quantitative estimate of drug-likeness (QED) is 0.543. The third kappa shape index (κ3) is 2.71. The van der Waals surface area contributed by atoms with E-state index in [1.807, 2.05) is 12.4 Å². The summed E-state index contributed by atoms with van der Waals surface area (Å²) in [5.41, 5.74) is 1.36. The molecule has 1 aliphatic rings. The molecule has 0 aromatic carbocycles. The molecule has 0 amide bonds. The number of hydrogen-bond donors (Lipinski definition) is 0. The summed E-state index contributed by atoms with van der Waals surface area (Å²) < 4.78 is 0. The van der Waals surface area contributed by atoms with Crippen molar-refractivity contribution in [3.8, 4) is 0 Å². The van der Waals surface area contributed by atoms with Crippen molar-refractivity contribution in [1.82, 2.24) is 0 Å². The molecule has 0 saturated carbocycles. The highest BCUT2D eigenvalue weighted by molar-refractivity contribution is 5.79. The molecule has 0 saturated heterocycles. The predicted molar refractivity (Wildman–Crippen MR) is 49.8 cm³/mol. The summed E-state index contributed by atoms with van der Waals surface area (Å²) in [5, 5.41) is 0. The van der Waals surface area contributed by atoms with Gasteiger partial charge in [0.15, 0.2) is 0 Å². The van der Waals surface area contributed by atoms with E-state index < -0.39 is 0 Å². The van der Waals surface area contributed by atoms with Crippen LogP contribution in [-0.4, -0.2) is 6.21 Å². The van der Waals surface area contributed by atoms with Gasteiger partial charge in [-0.3, -0.25) is 4.99 Å². The van der Waals surface area contributed by atoms with Crippen LogP contribution in [0, 0.1) is 5.92 Å². The molecule has 0 radical (unpaired) electrons. The largest absolute Gasteiger partial charge is 0.265 e. The fraction of sp³-hybridized carbons (Fsp3) is 0.500. The third-order valence-electron chi connectivity index (χ3n) is 1.80. The van der Waals surface area contributed by atoms with Crippen molar-refractivity contribution < 1.29 is 0 Å². The van der Waals surface area contributed by atoms with Crippen molar-refractivity contribution in [3.63, 3.8) is 0 Å². The van der Waals surface area contributed by atoms with Crippen LogP contribution in [-0.2, 0) is 0 Å². The smallest absolute Gasteiger partial charge is 0.0299 e. The van der Waals surface area contributed by atoms with E-state index in [-0.39, 0.29) is 0 Å². The molecule has 0 spiro atoms. The minimum atomic E-state index is 0.602. The van der Waals surface area contributed by atoms with Gasteiger partial charge >= 0.3 is 0 Å². The first-order valence-electron chi connectivity index (χ1n) is 4.19. The molecule has 0 bridgehead atoms. The molecule has 1 nitrogen and oxygen atoms in total. The van der Waals surface area contributed by atoms with E-state index in [1.54, 1.807) is 0 Å². The van der Waals surface area contributed by atoms with Gasteiger partial charge in [0.2, 0.25) is 0 Å². The van der Waals surface area contributed by atoms with Crippen LogP contribution in [0.5, 0.6) is 0 Å². The maximum atomic E-state index is 4.16. The van der Waals surface area contributed by atoms with Gasteiger partial charge in [0, 0.05) is 12.4 Å². The average Bonchev–Trinajstić information content (AvgIpc) is 1.84. The molecule has 1 rings (SSSR count). The molecular formula is C10H15N. The van der Waals surface area contributed by atoms with Crippen LogP contribution in [0.15, 0.2) is 28.9 Å². The summed E-state index contributed by atoms with van der Waals surface area (Å²) in [5.74, 6) is 0.602. The molecule has 0 atom stereocenters. The second-order valence-corrected chi connectivity index (χ2v) is 3.10. The first-order valence-corrected chi connectivity index (χ1v) is 4.19. The van der Waals surface area contributed by atoms with Gasteiger partial charge in [-0.05, 0) is 24.3 Å². The first-order chi connectivity index (χ1) is 5.30. The Morgan fingerprint density at radius 1 is 1.36 bits per heavy atom. The van der Waals surface area contributed by atoms with Crippen LogP contribution in [0.25, 0.3) is 0 Å². The monoisotopic (exact) mass is 149 g/mol. The lowest BCUT2D eigenvalue weighted by Crippen LogP contribution is -1.95. The summed E-state index contributed by atoms with van der Waals surface area (Å²) in [6.45, 7) is 4.40. The molecule has 60 valence electrons.